The van der Waals surface area contributed by atoms with Crippen LogP contribution in [0.1, 0.15) is 79.6 Å². The molecule has 0 unspecified atom stereocenters. The second-order valence-electron chi connectivity index (χ2n) is 11.0. The van der Waals surface area contributed by atoms with E-state index in [0.717, 1.165) is 6.42 Å². The van der Waals surface area contributed by atoms with Crippen molar-refractivity contribution in [1.29, 1.82) is 0 Å². The number of fused-ring (bicyclic) bond motifs is 1. The zero-order valence-corrected chi connectivity index (χ0v) is 19.1. The predicted molar refractivity (Wildman–Crippen MR) is 109 cm³/mol. The van der Waals surface area contributed by atoms with E-state index in [-0.39, 0.29) is 17.1 Å². The number of carbonyl (C=O) groups is 1. The Hall–Kier alpha value is -0.353. The van der Waals surface area contributed by atoms with Crippen LogP contribution in [0.25, 0.3) is 0 Å². The van der Waals surface area contributed by atoms with Gasteiger partial charge in [-0.25, -0.2) is 0 Å². The first-order valence-corrected chi connectivity index (χ1v) is 13.7. The lowest BCUT2D eigenvalue weighted by atomic mass is 9.61. The van der Waals surface area contributed by atoms with Crippen molar-refractivity contribution in [3.63, 3.8) is 0 Å². The van der Waals surface area contributed by atoms with Crippen molar-refractivity contribution in [3.8, 4) is 0 Å². The third kappa shape index (κ3) is 3.53. The maximum absolute atomic E-state index is 11.6. The largest absolute Gasteiger partial charge is 0.462 e. The number of esters is 1. The molecule has 1 saturated heterocycles. The van der Waals surface area contributed by atoms with E-state index >= 15 is 0 Å². The highest BCUT2D eigenvalue weighted by atomic mass is 28.4. The van der Waals surface area contributed by atoms with Gasteiger partial charge in [0.15, 0.2) is 8.32 Å². The number of hydrogen-bond acceptors (Lipinski definition) is 3. The summed E-state index contributed by atoms with van der Waals surface area (Å²) in [6.45, 7) is 16.7. The van der Waals surface area contributed by atoms with Crippen molar-refractivity contribution in [2.75, 3.05) is 0 Å². The van der Waals surface area contributed by atoms with E-state index in [0.29, 0.717) is 35.7 Å². The molecule has 1 aliphatic heterocycles. The molecule has 0 aromatic carbocycles. The van der Waals surface area contributed by atoms with Gasteiger partial charge in [0.05, 0.1) is 0 Å². The summed E-state index contributed by atoms with van der Waals surface area (Å²) in [6, 6.07) is 0. The van der Waals surface area contributed by atoms with E-state index in [2.05, 4.69) is 47.7 Å². The van der Waals surface area contributed by atoms with Crippen molar-refractivity contribution < 1.29 is 14.0 Å². The number of ether oxygens (including phenoxy) is 1. The standard InChI is InChI=1S/C22H40O3Si/c1-15(18-12-13-20(23)24-18)16-10-11-17-19(9-8-14-22(16,17)5)25-26(6,7)21(2,3)4/h15-19H,8-14H2,1-7H3/t15-,16+,17-,18-,19-,22+/m0/s1. The highest BCUT2D eigenvalue weighted by molar-refractivity contribution is 6.74. The normalized spacial score (nSPS) is 39.6. The molecule has 26 heavy (non-hydrogen) atoms. The monoisotopic (exact) mass is 380 g/mol. The molecule has 3 aliphatic rings. The fourth-order valence-electron chi connectivity index (χ4n) is 5.90. The van der Waals surface area contributed by atoms with E-state index in [9.17, 15) is 4.79 Å². The van der Waals surface area contributed by atoms with E-state index in [1.54, 1.807) is 0 Å². The third-order valence-corrected chi connectivity index (χ3v) is 13.0. The first-order chi connectivity index (χ1) is 12.0. The van der Waals surface area contributed by atoms with Gasteiger partial charge in [-0.3, -0.25) is 4.79 Å². The average Bonchev–Trinajstić information content (AvgIpc) is 3.09. The Morgan fingerprint density at radius 1 is 1.19 bits per heavy atom. The van der Waals surface area contributed by atoms with Crippen molar-refractivity contribution in [2.45, 2.75) is 110 Å². The summed E-state index contributed by atoms with van der Waals surface area (Å²) >= 11 is 0. The summed E-state index contributed by atoms with van der Waals surface area (Å²) in [5.74, 6) is 1.82. The molecule has 1 heterocycles. The lowest BCUT2D eigenvalue weighted by Gasteiger charge is -2.50. The summed E-state index contributed by atoms with van der Waals surface area (Å²) in [7, 11) is -1.74. The summed E-state index contributed by atoms with van der Waals surface area (Å²) in [6.07, 6.45) is 8.47. The smallest absolute Gasteiger partial charge is 0.306 e. The molecule has 6 atom stereocenters. The molecule has 4 heteroatoms. The Morgan fingerprint density at radius 2 is 1.88 bits per heavy atom. The van der Waals surface area contributed by atoms with Crippen LogP contribution in [0.2, 0.25) is 18.1 Å². The van der Waals surface area contributed by atoms with Crippen LogP contribution in [0.15, 0.2) is 0 Å². The highest BCUT2D eigenvalue weighted by Gasteiger charge is 2.55. The molecule has 0 radical (unpaired) electrons. The minimum atomic E-state index is -1.74. The molecule has 0 bridgehead atoms. The predicted octanol–water partition coefficient (Wildman–Crippen LogP) is 5.93. The third-order valence-electron chi connectivity index (χ3n) is 8.52. The van der Waals surface area contributed by atoms with Gasteiger partial charge in [0.2, 0.25) is 0 Å². The molecule has 3 nitrogen and oxygen atoms in total. The number of cyclic esters (lactones) is 1. The van der Waals surface area contributed by atoms with Crippen LogP contribution in [-0.2, 0) is 14.0 Å². The van der Waals surface area contributed by atoms with Crippen LogP contribution in [0, 0.1) is 23.2 Å². The number of rotatable bonds is 4. The van der Waals surface area contributed by atoms with Gasteiger partial charge in [-0.15, -0.1) is 0 Å². The first kappa shape index (κ1) is 20.4. The zero-order valence-electron chi connectivity index (χ0n) is 18.1. The van der Waals surface area contributed by atoms with Gasteiger partial charge in [-0.05, 0) is 73.4 Å². The molecule has 150 valence electrons. The van der Waals surface area contributed by atoms with E-state index in [1.165, 1.54) is 32.1 Å². The van der Waals surface area contributed by atoms with Gasteiger partial charge >= 0.3 is 5.97 Å². The fourth-order valence-corrected chi connectivity index (χ4v) is 7.29. The minimum absolute atomic E-state index is 0.00401. The maximum atomic E-state index is 11.6. The van der Waals surface area contributed by atoms with Crippen molar-refractivity contribution in [2.24, 2.45) is 23.2 Å². The number of hydrogen-bond donors (Lipinski definition) is 0. The molecule has 0 amide bonds. The van der Waals surface area contributed by atoms with Crippen LogP contribution < -0.4 is 0 Å². The molecular weight excluding hydrogens is 340 g/mol. The Kier molecular flexibility index (Phi) is 5.42. The quantitative estimate of drug-likeness (QED) is 0.447. The Bertz CT molecular complexity index is 538. The zero-order chi connectivity index (χ0) is 19.3. The Labute approximate surface area is 161 Å². The van der Waals surface area contributed by atoms with Gasteiger partial charge in [-0.1, -0.05) is 41.0 Å². The van der Waals surface area contributed by atoms with E-state index in [4.69, 9.17) is 9.16 Å². The number of carbonyl (C=O) groups excluding carboxylic acids is 1. The van der Waals surface area contributed by atoms with Crippen molar-refractivity contribution in [3.05, 3.63) is 0 Å². The van der Waals surface area contributed by atoms with Gasteiger partial charge in [0, 0.05) is 12.5 Å². The Balaban J connectivity index is 1.75. The van der Waals surface area contributed by atoms with Crippen LogP contribution in [0.3, 0.4) is 0 Å². The molecule has 3 fully saturated rings. The molecular formula is C22H40O3Si. The lowest BCUT2D eigenvalue weighted by molar-refractivity contribution is -0.144. The first-order valence-electron chi connectivity index (χ1n) is 10.8. The summed E-state index contributed by atoms with van der Waals surface area (Å²) in [5, 5.41) is 0.268. The maximum Gasteiger partial charge on any atom is 0.306 e. The van der Waals surface area contributed by atoms with Crippen LogP contribution >= 0.6 is 0 Å². The van der Waals surface area contributed by atoms with Crippen molar-refractivity contribution in [1.82, 2.24) is 0 Å². The molecule has 0 N–H and O–H groups in total. The molecule has 3 rings (SSSR count). The van der Waals surface area contributed by atoms with Gasteiger partial charge in [-0.2, -0.15) is 0 Å². The van der Waals surface area contributed by atoms with Gasteiger partial charge < -0.3 is 9.16 Å². The minimum Gasteiger partial charge on any atom is -0.462 e. The molecule has 2 saturated carbocycles. The molecule has 0 spiro atoms. The van der Waals surface area contributed by atoms with Crippen molar-refractivity contribution >= 4 is 14.3 Å². The van der Waals surface area contributed by atoms with Gasteiger partial charge in [0.1, 0.15) is 6.10 Å². The molecule has 0 aromatic heterocycles. The average molecular weight is 381 g/mol. The Morgan fingerprint density at radius 3 is 2.46 bits per heavy atom. The lowest BCUT2D eigenvalue weighted by Crippen LogP contribution is -2.50. The summed E-state index contributed by atoms with van der Waals surface area (Å²) in [5.41, 5.74) is 0.347. The second kappa shape index (κ2) is 6.91. The second-order valence-corrected chi connectivity index (χ2v) is 15.8. The van der Waals surface area contributed by atoms with E-state index < -0.39 is 8.32 Å². The van der Waals surface area contributed by atoms with Gasteiger partial charge in [0.25, 0.3) is 0 Å². The fraction of sp³-hybridized carbons (Fsp3) is 0.955. The molecule has 2 aliphatic carbocycles. The van der Waals surface area contributed by atoms with Crippen LogP contribution in [0.4, 0.5) is 0 Å². The summed E-state index contributed by atoms with van der Waals surface area (Å²) in [4.78, 5) is 11.6. The summed E-state index contributed by atoms with van der Waals surface area (Å²) < 4.78 is 12.6. The SMILES string of the molecule is C[C@H]([C@@H]1CCC(=O)O1)[C@H]1CC[C@H]2[C@@H](O[Si](C)(C)C(C)(C)C)CCC[C@]12C. The van der Waals surface area contributed by atoms with E-state index in [1.807, 2.05) is 0 Å². The molecule has 0 aromatic rings. The highest BCUT2D eigenvalue weighted by Crippen LogP contribution is 2.60. The topological polar surface area (TPSA) is 35.5 Å². The van der Waals surface area contributed by atoms with Crippen LogP contribution in [0.5, 0.6) is 0 Å². The van der Waals surface area contributed by atoms with Crippen LogP contribution in [-0.4, -0.2) is 26.5 Å².